The molecule has 1 aromatic rings. The largest absolute Gasteiger partial charge is 0.469 e. The summed E-state index contributed by atoms with van der Waals surface area (Å²) in [5.74, 6) is -0.803. The molecule has 2 atom stereocenters. The first-order valence-corrected chi connectivity index (χ1v) is 7.47. The van der Waals surface area contributed by atoms with E-state index in [0.29, 0.717) is 18.4 Å². The number of halogens is 3. The molecule has 1 fully saturated rings. The Hall–Kier alpha value is -2.25. The summed E-state index contributed by atoms with van der Waals surface area (Å²) in [7, 11) is 1.24. The van der Waals surface area contributed by atoms with Crippen molar-refractivity contribution in [2.24, 2.45) is 5.92 Å². The fraction of sp³-hybridized carbons (Fsp3) is 0.500. The zero-order valence-electron chi connectivity index (χ0n) is 13.0. The molecular weight excluding hydrogens is 327 g/mol. The molecule has 0 saturated carbocycles. The van der Waals surface area contributed by atoms with Crippen LogP contribution < -0.4 is 0 Å². The SMILES string of the molecule is COC(=O)C[C@H]1CCCN(C(=O)O)[C@@H]1c1ccc(C(F)(F)F)cc1. The highest BCUT2D eigenvalue weighted by Gasteiger charge is 2.37. The van der Waals surface area contributed by atoms with Crippen LogP contribution in [0.3, 0.4) is 0 Å². The number of hydrogen-bond donors (Lipinski definition) is 1. The van der Waals surface area contributed by atoms with E-state index in [9.17, 15) is 27.9 Å². The van der Waals surface area contributed by atoms with Crippen molar-refractivity contribution in [2.75, 3.05) is 13.7 Å². The smallest absolute Gasteiger partial charge is 0.416 e. The van der Waals surface area contributed by atoms with Crippen molar-refractivity contribution >= 4 is 12.1 Å². The van der Waals surface area contributed by atoms with Gasteiger partial charge in [0.05, 0.1) is 25.1 Å². The molecule has 2 rings (SSSR count). The third-order valence-corrected chi connectivity index (χ3v) is 4.24. The molecule has 1 amide bonds. The number of carbonyl (C=O) groups excluding carboxylic acids is 1. The zero-order chi connectivity index (χ0) is 17.9. The van der Waals surface area contributed by atoms with Gasteiger partial charge in [0.15, 0.2) is 0 Å². The summed E-state index contributed by atoms with van der Waals surface area (Å²) >= 11 is 0. The van der Waals surface area contributed by atoms with E-state index >= 15 is 0 Å². The second kappa shape index (κ2) is 7.11. The standard InChI is InChI=1S/C16H18F3NO4/c1-24-13(21)9-11-3-2-8-20(15(22)23)14(11)10-4-6-12(7-5-10)16(17,18)19/h4-7,11,14H,2-3,8-9H2,1H3,(H,22,23)/t11-,14-/m1/s1. The van der Waals surface area contributed by atoms with E-state index < -0.39 is 29.8 Å². The van der Waals surface area contributed by atoms with Gasteiger partial charge in [-0.1, -0.05) is 12.1 Å². The molecular formula is C16H18F3NO4. The number of ether oxygens (including phenoxy) is 1. The topological polar surface area (TPSA) is 66.8 Å². The van der Waals surface area contributed by atoms with Gasteiger partial charge in [-0.05, 0) is 36.5 Å². The van der Waals surface area contributed by atoms with E-state index in [2.05, 4.69) is 4.74 Å². The lowest BCUT2D eigenvalue weighted by atomic mass is 9.82. The Labute approximate surface area is 137 Å². The number of likely N-dealkylation sites (tertiary alicyclic amines) is 1. The zero-order valence-corrected chi connectivity index (χ0v) is 13.0. The van der Waals surface area contributed by atoms with Crippen LogP contribution >= 0.6 is 0 Å². The summed E-state index contributed by atoms with van der Waals surface area (Å²) in [5, 5.41) is 9.39. The highest BCUT2D eigenvalue weighted by molar-refractivity contribution is 5.70. The summed E-state index contributed by atoms with van der Waals surface area (Å²) in [6.45, 7) is 0.276. The fourth-order valence-corrected chi connectivity index (χ4v) is 3.12. The van der Waals surface area contributed by atoms with Gasteiger partial charge in [0, 0.05) is 6.54 Å². The summed E-state index contributed by atoms with van der Waals surface area (Å²) < 4.78 is 42.7. The predicted molar refractivity (Wildman–Crippen MR) is 78.3 cm³/mol. The maximum atomic E-state index is 12.7. The average molecular weight is 345 g/mol. The second-order valence-electron chi connectivity index (χ2n) is 5.72. The minimum absolute atomic E-state index is 0.0198. The first-order chi connectivity index (χ1) is 11.2. The minimum atomic E-state index is -4.46. The molecule has 1 aliphatic rings. The van der Waals surface area contributed by atoms with Crippen molar-refractivity contribution in [3.05, 3.63) is 35.4 Å². The number of methoxy groups -OCH3 is 1. The molecule has 0 radical (unpaired) electrons. The minimum Gasteiger partial charge on any atom is -0.469 e. The van der Waals surface area contributed by atoms with Crippen LogP contribution in [0, 0.1) is 5.92 Å². The lowest BCUT2D eigenvalue weighted by molar-refractivity contribution is -0.142. The molecule has 1 saturated heterocycles. The molecule has 1 aromatic carbocycles. The third kappa shape index (κ3) is 3.98. The van der Waals surface area contributed by atoms with Gasteiger partial charge in [0.25, 0.3) is 0 Å². The monoisotopic (exact) mass is 345 g/mol. The quantitative estimate of drug-likeness (QED) is 0.848. The number of hydrogen-bond acceptors (Lipinski definition) is 3. The van der Waals surface area contributed by atoms with E-state index in [1.54, 1.807) is 0 Å². The van der Waals surface area contributed by atoms with Crippen molar-refractivity contribution in [1.82, 2.24) is 4.90 Å². The van der Waals surface area contributed by atoms with Gasteiger partial charge in [0.1, 0.15) is 0 Å². The summed E-state index contributed by atoms with van der Waals surface area (Å²) in [5.41, 5.74) is -0.354. The molecule has 0 aromatic heterocycles. The molecule has 24 heavy (non-hydrogen) atoms. The number of alkyl halides is 3. The van der Waals surface area contributed by atoms with Crippen LogP contribution in [0.15, 0.2) is 24.3 Å². The molecule has 1 heterocycles. The molecule has 0 bridgehead atoms. The number of rotatable bonds is 3. The normalized spacial score (nSPS) is 21.4. The fourth-order valence-electron chi connectivity index (χ4n) is 3.12. The Morgan fingerprint density at radius 2 is 1.92 bits per heavy atom. The van der Waals surface area contributed by atoms with E-state index in [-0.39, 0.29) is 18.9 Å². The van der Waals surface area contributed by atoms with Gasteiger partial charge in [-0.25, -0.2) is 4.79 Å². The van der Waals surface area contributed by atoms with Crippen LogP contribution in [0.25, 0.3) is 0 Å². The van der Waals surface area contributed by atoms with E-state index in [1.165, 1.54) is 24.1 Å². The van der Waals surface area contributed by atoms with Crippen LogP contribution in [0.4, 0.5) is 18.0 Å². The summed E-state index contributed by atoms with van der Waals surface area (Å²) in [6, 6.07) is 3.74. The molecule has 0 unspecified atom stereocenters. The van der Waals surface area contributed by atoms with Crippen LogP contribution in [0.2, 0.25) is 0 Å². The van der Waals surface area contributed by atoms with Gasteiger partial charge < -0.3 is 14.7 Å². The second-order valence-corrected chi connectivity index (χ2v) is 5.72. The Morgan fingerprint density at radius 3 is 2.42 bits per heavy atom. The molecule has 132 valence electrons. The number of piperidine rings is 1. The summed E-state index contributed by atoms with van der Waals surface area (Å²) in [6.07, 6.45) is -4.40. The number of carboxylic acid groups (broad SMARTS) is 1. The highest BCUT2D eigenvalue weighted by atomic mass is 19.4. The highest BCUT2D eigenvalue weighted by Crippen LogP contribution is 2.39. The molecule has 0 aliphatic carbocycles. The van der Waals surface area contributed by atoms with Crippen LogP contribution in [0.5, 0.6) is 0 Å². The van der Waals surface area contributed by atoms with Gasteiger partial charge in [-0.15, -0.1) is 0 Å². The first-order valence-electron chi connectivity index (χ1n) is 7.47. The van der Waals surface area contributed by atoms with E-state index in [1.807, 2.05) is 0 Å². The van der Waals surface area contributed by atoms with Crippen LogP contribution in [0.1, 0.15) is 36.4 Å². The average Bonchev–Trinajstić information content (AvgIpc) is 2.53. The van der Waals surface area contributed by atoms with Crippen molar-refractivity contribution in [2.45, 2.75) is 31.5 Å². The number of esters is 1. The van der Waals surface area contributed by atoms with Gasteiger partial charge >= 0.3 is 18.2 Å². The van der Waals surface area contributed by atoms with E-state index in [4.69, 9.17) is 0 Å². The molecule has 1 N–H and O–H groups in total. The van der Waals surface area contributed by atoms with Crippen molar-refractivity contribution < 1.29 is 32.6 Å². The number of benzene rings is 1. The molecule has 1 aliphatic heterocycles. The number of carbonyl (C=O) groups is 2. The lowest BCUT2D eigenvalue weighted by Crippen LogP contribution is -2.42. The van der Waals surface area contributed by atoms with Gasteiger partial charge in [0.2, 0.25) is 0 Å². The van der Waals surface area contributed by atoms with Crippen molar-refractivity contribution in [3.8, 4) is 0 Å². The maximum Gasteiger partial charge on any atom is 0.416 e. The molecule has 8 heteroatoms. The van der Waals surface area contributed by atoms with Gasteiger partial charge in [-0.2, -0.15) is 13.2 Å². The first kappa shape index (κ1) is 18.1. The van der Waals surface area contributed by atoms with Crippen LogP contribution in [-0.2, 0) is 15.7 Å². The Morgan fingerprint density at radius 1 is 1.29 bits per heavy atom. The lowest BCUT2D eigenvalue weighted by Gasteiger charge is -2.39. The van der Waals surface area contributed by atoms with Crippen molar-refractivity contribution in [1.29, 1.82) is 0 Å². The number of amides is 1. The Balaban J connectivity index is 2.34. The Kier molecular flexibility index (Phi) is 5.36. The Bertz CT molecular complexity index is 600. The van der Waals surface area contributed by atoms with E-state index in [0.717, 1.165) is 12.1 Å². The molecule has 5 nitrogen and oxygen atoms in total. The third-order valence-electron chi connectivity index (χ3n) is 4.24. The van der Waals surface area contributed by atoms with Crippen LogP contribution in [-0.4, -0.2) is 35.7 Å². The summed E-state index contributed by atoms with van der Waals surface area (Å²) in [4.78, 5) is 24.3. The van der Waals surface area contributed by atoms with Crippen molar-refractivity contribution in [3.63, 3.8) is 0 Å². The number of nitrogens with zero attached hydrogens (tertiary/aromatic N) is 1. The predicted octanol–water partition coefficient (Wildman–Crippen LogP) is 3.70. The maximum absolute atomic E-state index is 12.7. The molecule has 0 spiro atoms. The van der Waals surface area contributed by atoms with Gasteiger partial charge in [-0.3, -0.25) is 4.79 Å².